The summed E-state index contributed by atoms with van der Waals surface area (Å²) in [6.07, 6.45) is 0.111. The lowest BCUT2D eigenvalue weighted by atomic mass is 9.99. The minimum atomic E-state index is -3.66. The van der Waals surface area contributed by atoms with Gasteiger partial charge in [-0.3, -0.25) is 9.36 Å². The summed E-state index contributed by atoms with van der Waals surface area (Å²) < 4.78 is 12.5. The fourth-order valence-corrected chi connectivity index (χ4v) is 4.26. The molecule has 0 aliphatic carbocycles. The van der Waals surface area contributed by atoms with Gasteiger partial charge in [0.25, 0.3) is 7.37 Å². The third kappa shape index (κ3) is 7.13. The first-order chi connectivity index (χ1) is 13.7. The molecule has 1 amide bonds. The molecule has 0 aromatic heterocycles. The van der Waals surface area contributed by atoms with E-state index in [1.165, 1.54) is 6.92 Å². The van der Waals surface area contributed by atoms with Crippen LogP contribution >= 0.6 is 7.37 Å². The normalized spacial score (nSPS) is 16.2. The number of benzene rings is 2. The maximum absolute atomic E-state index is 12.9. The maximum Gasteiger partial charge on any atom is 0.326 e. The Kier molecular flexibility index (Phi) is 8.14. The van der Waals surface area contributed by atoms with E-state index in [1.54, 1.807) is 24.3 Å². The lowest BCUT2D eigenvalue weighted by molar-refractivity contribution is -0.385. The van der Waals surface area contributed by atoms with Crippen LogP contribution in [0.5, 0.6) is 0 Å². The van der Waals surface area contributed by atoms with Crippen LogP contribution in [0.1, 0.15) is 18.1 Å². The van der Waals surface area contributed by atoms with Crippen molar-refractivity contribution in [1.82, 2.24) is 5.32 Å². The summed E-state index contributed by atoms with van der Waals surface area (Å²) in [5.41, 5.74) is 5.25. The van der Waals surface area contributed by atoms with Gasteiger partial charge in [-0.15, -0.1) is 0 Å². The molecule has 0 spiro atoms. The Bertz CT molecular complexity index is 858. The minimum absolute atomic E-state index is 0.127. The van der Waals surface area contributed by atoms with Gasteiger partial charge >= 0.3 is 5.97 Å². The molecule has 0 aliphatic heterocycles. The largest absolute Gasteiger partial charge is 0.480 e. The third-order valence-electron chi connectivity index (χ3n) is 4.76. The molecule has 8 heteroatoms. The molecule has 2 aromatic rings. The van der Waals surface area contributed by atoms with Crippen LogP contribution in [0.4, 0.5) is 0 Å². The second-order valence-corrected chi connectivity index (χ2v) is 10.0. The summed E-state index contributed by atoms with van der Waals surface area (Å²) >= 11 is 0. The van der Waals surface area contributed by atoms with Gasteiger partial charge in [-0.2, -0.15) is 0 Å². The highest BCUT2D eigenvalue weighted by Gasteiger charge is 2.35. The van der Waals surface area contributed by atoms with Crippen LogP contribution in [-0.4, -0.2) is 39.9 Å². The fourth-order valence-electron chi connectivity index (χ4n) is 2.97. The summed E-state index contributed by atoms with van der Waals surface area (Å²) in [5.74, 6) is -3.27. The van der Waals surface area contributed by atoms with Gasteiger partial charge in [-0.1, -0.05) is 60.7 Å². The van der Waals surface area contributed by atoms with Crippen molar-refractivity contribution in [2.75, 3.05) is 6.16 Å². The van der Waals surface area contributed by atoms with E-state index in [0.717, 1.165) is 11.1 Å². The molecule has 0 bridgehead atoms. The molecule has 6 N–H and O–H groups in total. The zero-order chi connectivity index (χ0) is 21.4. The SMILES string of the molecule is CC([NH3+])P(=O)(O)CC(Cc1ccccc1)C(=O)NC(Cc1ccccc1)C(=O)O. The molecule has 4 atom stereocenters. The third-order valence-corrected chi connectivity index (χ3v) is 7.11. The Balaban J connectivity index is 2.19. The number of carbonyl (C=O) groups is 2. The van der Waals surface area contributed by atoms with Gasteiger partial charge in [0.05, 0.1) is 5.92 Å². The summed E-state index contributed by atoms with van der Waals surface area (Å²) in [7, 11) is -3.66. The number of hydrogen-bond acceptors (Lipinski definition) is 3. The van der Waals surface area contributed by atoms with Crippen LogP contribution in [0, 0.1) is 5.92 Å². The van der Waals surface area contributed by atoms with Gasteiger partial charge in [0, 0.05) is 12.6 Å². The number of aliphatic carboxylic acids is 1. The average molecular weight is 419 g/mol. The monoisotopic (exact) mass is 419 g/mol. The van der Waals surface area contributed by atoms with Crippen LogP contribution in [-0.2, 0) is 27.0 Å². The van der Waals surface area contributed by atoms with Crippen molar-refractivity contribution >= 4 is 19.2 Å². The van der Waals surface area contributed by atoms with Crippen LogP contribution in [0.15, 0.2) is 60.7 Å². The first-order valence-electron chi connectivity index (χ1n) is 9.44. The lowest BCUT2D eigenvalue weighted by Gasteiger charge is -2.23. The Labute approximate surface area is 170 Å². The molecule has 0 saturated carbocycles. The van der Waals surface area contributed by atoms with Gasteiger partial charge < -0.3 is 21.1 Å². The van der Waals surface area contributed by atoms with E-state index in [-0.39, 0.29) is 19.0 Å². The second-order valence-electron chi connectivity index (χ2n) is 7.26. The number of amides is 1. The molecule has 0 aliphatic rings. The van der Waals surface area contributed by atoms with Crippen molar-refractivity contribution in [3.05, 3.63) is 71.8 Å². The molecule has 4 unspecified atom stereocenters. The molecule has 0 heterocycles. The zero-order valence-electron chi connectivity index (χ0n) is 16.4. The number of hydrogen-bond donors (Lipinski definition) is 4. The van der Waals surface area contributed by atoms with E-state index in [1.807, 2.05) is 36.4 Å². The van der Waals surface area contributed by atoms with E-state index in [0.29, 0.717) is 0 Å². The Morgan fingerprint density at radius 1 is 1.00 bits per heavy atom. The van der Waals surface area contributed by atoms with Crippen LogP contribution in [0.3, 0.4) is 0 Å². The summed E-state index contributed by atoms with van der Waals surface area (Å²) in [6.45, 7) is 1.54. The number of quaternary nitrogens is 1. The van der Waals surface area contributed by atoms with Gasteiger partial charge in [0.15, 0.2) is 5.78 Å². The molecule has 0 radical (unpaired) electrons. The first kappa shape index (κ1) is 22.8. The van der Waals surface area contributed by atoms with Crippen LogP contribution < -0.4 is 11.1 Å². The molecule has 2 aromatic carbocycles. The van der Waals surface area contributed by atoms with E-state index >= 15 is 0 Å². The number of carboxylic acids is 1. The molecule has 0 saturated heterocycles. The standard InChI is InChI=1S/C21H27N2O5P/c1-15(22)29(27,28)14-18(12-16-8-4-2-5-9-16)20(24)23-19(21(25)26)13-17-10-6-3-7-11-17/h2-11,15,18-19H,12-14,22H2,1H3,(H,23,24)(H,25,26)(H,27,28)/p+1. The lowest BCUT2D eigenvalue weighted by Crippen LogP contribution is -2.59. The molecule has 0 fully saturated rings. The number of nitrogens with one attached hydrogen (secondary N) is 1. The molecule has 156 valence electrons. The van der Waals surface area contributed by atoms with Crippen molar-refractivity contribution < 1.29 is 29.9 Å². The van der Waals surface area contributed by atoms with Gasteiger partial charge in [0.1, 0.15) is 6.04 Å². The van der Waals surface area contributed by atoms with Crippen LogP contribution in [0.25, 0.3) is 0 Å². The highest BCUT2D eigenvalue weighted by molar-refractivity contribution is 7.58. The van der Waals surface area contributed by atoms with Gasteiger partial charge in [-0.25, -0.2) is 4.79 Å². The topological polar surface area (TPSA) is 131 Å². The first-order valence-corrected chi connectivity index (χ1v) is 11.4. The number of carbonyl (C=O) groups excluding carboxylic acids is 1. The molecular formula is C21H28N2O5P+. The molecule has 29 heavy (non-hydrogen) atoms. The van der Waals surface area contributed by atoms with Crippen molar-refractivity contribution in [1.29, 1.82) is 0 Å². The highest BCUT2D eigenvalue weighted by atomic mass is 31.2. The summed E-state index contributed by atoms with van der Waals surface area (Å²) in [6, 6.07) is 17.0. The van der Waals surface area contributed by atoms with Gasteiger partial charge in [0.2, 0.25) is 5.91 Å². The molecular weight excluding hydrogens is 391 g/mol. The number of carboxylic acid groups (broad SMARTS) is 1. The second kappa shape index (κ2) is 10.3. The average Bonchev–Trinajstić information content (AvgIpc) is 2.68. The minimum Gasteiger partial charge on any atom is -0.480 e. The summed E-state index contributed by atoms with van der Waals surface area (Å²) in [4.78, 5) is 34.9. The van der Waals surface area contributed by atoms with E-state index in [9.17, 15) is 24.2 Å². The fraction of sp³-hybridized carbons (Fsp3) is 0.333. The Morgan fingerprint density at radius 2 is 1.48 bits per heavy atom. The van der Waals surface area contributed by atoms with E-state index < -0.39 is 37.0 Å². The molecule has 2 rings (SSSR count). The quantitative estimate of drug-likeness (QED) is 0.434. The Morgan fingerprint density at radius 3 is 1.93 bits per heavy atom. The van der Waals surface area contributed by atoms with Crippen LogP contribution in [0.2, 0.25) is 0 Å². The summed E-state index contributed by atoms with van der Waals surface area (Å²) in [5, 5.41) is 12.1. The highest BCUT2D eigenvalue weighted by Crippen LogP contribution is 2.45. The number of rotatable bonds is 10. The van der Waals surface area contributed by atoms with Crippen molar-refractivity contribution in [2.45, 2.75) is 31.6 Å². The zero-order valence-corrected chi connectivity index (χ0v) is 17.3. The predicted molar refractivity (Wildman–Crippen MR) is 110 cm³/mol. The smallest absolute Gasteiger partial charge is 0.326 e. The maximum atomic E-state index is 12.9. The molecule has 7 nitrogen and oxygen atoms in total. The predicted octanol–water partition coefficient (Wildman–Crippen LogP) is 1.52. The van der Waals surface area contributed by atoms with E-state index in [2.05, 4.69) is 11.1 Å². The van der Waals surface area contributed by atoms with Crippen molar-refractivity contribution in [2.24, 2.45) is 5.92 Å². The van der Waals surface area contributed by atoms with E-state index in [4.69, 9.17) is 0 Å². The van der Waals surface area contributed by atoms with Crippen molar-refractivity contribution in [3.63, 3.8) is 0 Å². The van der Waals surface area contributed by atoms with Crippen molar-refractivity contribution in [3.8, 4) is 0 Å². The van der Waals surface area contributed by atoms with Gasteiger partial charge in [-0.05, 0) is 24.5 Å². The Hall–Kier alpha value is -2.47.